The van der Waals surface area contributed by atoms with Crippen molar-refractivity contribution in [1.29, 1.82) is 0 Å². The molecule has 1 aliphatic rings. The van der Waals surface area contributed by atoms with Gasteiger partial charge in [0.05, 0.1) is 0 Å². The van der Waals surface area contributed by atoms with E-state index in [1.165, 1.54) is 64.7 Å². The summed E-state index contributed by atoms with van der Waals surface area (Å²) < 4.78 is 6.53. The number of benzene rings is 7. The van der Waals surface area contributed by atoms with E-state index in [1.54, 1.807) is 0 Å². The van der Waals surface area contributed by atoms with Crippen LogP contribution in [-0.4, -0.2) is 0 Å². The van der Waals surface area contributed by atoms with Crippen LogP contribution < -0.4 is 0 Å². The Morgan fingerprint density at radius 3 is 1.95 bits per heavy atom. The molecule has 7 aromatic carbocycles. The fourth-order valence-electron chi connectivity index (χ4n) is 6.55. The van der Waals surface area contributed by atoms with Crippen LogP contribution in [0.3, 0.4) is 0 Å². The molecule has 0 atom stereocenters. The van der Waals surface area contributed by atoms with E-state index in [4.69, 9.17) is 4.42 Å². The van der Waals surface area contributed by atoms with Crippen LogP contribution in [0.4, 0.5) is 0 Å². The summed E-state index contributed by atoms with van der Waals surface area (Å²) in [5.41, 5.74) is 9.41. The van der Waals surface area contributed by atoms with Gasteiger partial charge < -0.3 is 4.42 Å². The van der Waals surface area contributed by atoms with Crippen molar-refractivity contribution in [3.63, 3.8) is 0 Å². The largest absolute Gasteiger partial charge is 0.455 e. The van der Waals surface area contributed by atoms with Crippen molar-refractivity contribution in [3.05, 3.63) is 133 Å². The second-order valence-corrected chi connectivity index (χ2v) is 11.5. The normalized spacial score (nSPS) is 12.4. The number of hydrogen-bond donors (Lipinski definition) is 0. The van der Waals surface area contributed by atoms with Crippen molar-refractivity contribution in [1.82, 2.24) is 0 Å². The molecule has 0 spiro atoms. The number of fused-ring (bicyclic) bond motifs is 7. The summed E-state index contributed by atoms with van der Waals surface area (Å²) in [4.78, 5) is 2.64. The molecule has 0 fully saturated rings. The predicted molar refractivity (Wildman–Crippen MR) is 169 cm³/mol. The van der Waals surface area contributed by atoms with Crippen LogP contribution in [0.1, 0.15) is 0 Å². The van der Waals surface area contributed by atoms with Crippen LogP contribution in [0, 0.1) is 0 Å². The lowest BCUT2D eigenvalue weighted by atomic mass is 9.88. The van der Waals surface area contributed by atoms with E-state index in [0.29, 0.717) is 0 Å². The van der Waals surface area contributed by atoms with Crippen molar-refractivity contribution in [2.75, 3.05) is 0 Å². The van der Waals surface area contributed by atoms with E-state index in [9.17, 15) is 0 Å². The zero-order valence-corrected chi connectivity index (χ0v) is 22.3. The van der Waals surface area contributed by atoms with Crippen molar-refractivity contribution in [2.45, 2.75) is 9.79 Å². The van der Waals surface area contributed by atoms with Crippen molar-refractivity contribution in [3.8, 4) is 33.4 Å². The highest BCUT2D eigenvalue weighted by atomic mass is 32.2. The van der Waals surface area contributed by atoms with Gasteiger partial charge in [0.2, 0.25) is 0 Å². The molecular formula is C38H22OS. The zero-order chi connectivity index (χ0) is 26.2. The van der Waals surface area contributed by atoms with Gasteiger partial charge in [-0.15, -0.1) is 0 Å². The first-order valence-electron chi connectivity index (χ1n) is 13.6. The molecule has 40 heavy (non-hydrogen) atoms. The average Bonchev–Trinajstić information content (AvgIpc) is 3.41. The molecule has 0 saturated heterocycles. The van der Waals surface area contributed by atoms with Crippen LogP contribution in [0.15, 0.2) is 148 Å². The second kappa shape index (κ2) is 8.35. The molecule has 0 N–H and O–H groups in total. The Hall–Kier alpha value is -4.79. The Balaban J connectivity index is 1.33. The Kier molecular flexibility index (Phi) is 4.61. The van der Waals surface area contributed by atoms with Crippen LogP contribution in [0.2, 0.25) is 0 Å². The van der Waals surface area contributed by atoms with Crippen LogP contribution in [0.5, 0.6) is 0 Å². The molecule has 2 heterocycles. The summed E-state index contributed by atoms with van der Waals surface area (Å²) in [6.45, 7) is 0. The van der Waals surface area contributed by atoms with E-state index in [1.807, 2.05) is 11.8 Å². The maximum absolute atomic E-state index is 6.53. The van der Waals surface area contributed by atoms with Gasteiger partial charge in [0.15, 0.2) is 0 Å². The molecule has 186 valence electrons. The lowest BCUT2D eigenvalue weighted by Crippen LogP contribution is -1.94. The molecule has 9 rings (SSSR count). The quantitative estimate of drug-likeness (QED) is 0.222. The van der Waals surface area contributed by atoms with Crippen molar-refractivity contribution in [2.24, 2.45) is 0 Å². The molecule has 0 amide bonds. The first-order valence-corrected chi connectivity index (χ1v) is 14.4. The van der Waals surface area contributed by atoms with Gasteiger partial charge in [-0.05, 0) is 68.4 Å². The minimum absolute atomic E-state index is 0.920. The average molecular weight is 527 g/mol. The molecular weight excluding hydrogens is 504 g/mol. The summed E-state index contributed by atoms with van der Waals surface area (Å²) in [6.07, 6.45) is 0. The monoisotopic (exact) mass is 526 g/mol. The van der Waals surface area contributed by atoms with E-state index < -0.39 is 0 Å². The predicted octanol–water partition coefficient (Wildman–Crippen LogP) is 11.4. The first-order chi connectivity index (χ1) is 19.8. The summed E-state index contributed by atoms with van der Waals surface area (Å²) in [5.74, 6) is 0. The molecule has 0 aliphatic carbocycles. The van der Waals surface area contributed by atoms with Gasteiger partial charge in [0.1, 0.15) is 11.2 Å². The highest BCUT2D eigenvalue weighted by molar-refractivity contribution is 7.99. The van der Waals surface area contributed by atoms with Crippen molar-refractivity contribution >= 4 is 55.2 Å². The van der Waals surface area contributed by atoms with E-state index in [-0.39, 0.29) is 0 Å². The van der Waals surface area contributed by atoms with Gasteiger partial charge in [-0.3, -0.25) is 0 Å². The number of rotatable bonds is 2. The molecule has 0 bridgehead atoms. The highest BCUT2D eigenvalue weighted by Crippen LogP contribution is 2.50. The van der Waals surface area contributed by atoms with Gasteiger partial charge in [-0.2, -0.15) is 0 Å². The molecule has 1 aliphatic heterocycles. The third-order valence-electron chi connectivity index (χ3n) is 8.29. The molecule has 2 heteroatoms. The summed E-state index contributed by atoms with van der Waals surface area (Å²) in [7, 11) is 0. The third kappa shape index (κ3) is 3.05. The van der Waals surface area contributed by atoms with Gasteiger partial charge >= 0.3 is 0 Å². The van der Waals surface area contributed by atoms with Crippen molar-refractivity contribution < 1.29 is 4.42 Å². The highest BCUT2D eigenvalue weighted by Gasteiger charge is 2.22. The number of furan rings is 1. The van der Waals surface area contributed by atoms with Gasteiger partial charge in [0.25, 0.3) is 0 Å². The standard InChI is InChI=1S/C38H22OS/c1-2-10-24-23(9-1)19-20-32-36-29(16-8-17-33(36)39-38(24)32)26-12-4-3-11-25(26)27-21-22-35-37-30(27)14-7-15-31(37)28-13-5-6-18-34(28)40-35/h1-22H. The van der Waals surface area contributed by atoms with E-state index >= 15 is 0 Å². The van der Waals surface area contributed by atoms with Gasteiger partial charge in [-0.25, -0.2) is 0 Å². The summed E-state index contributed by atoms with van der Waals surface area (Å²) >= 11 is 1.87. The molecule has 1 nitrogen and oxygen atoms in total. The lowest BCUT2D eigenvalue weighted by molar-refractivity contribution is 0.673. The fourth-order valence-corrected chi connectivity index (χ4v) is 7.68. The summed E-state index contributed by atoms with van der Waals surface area (Å²) in [6, 6.07) is 48.2. The molecule has 0 saturated carbocycles. The smallest absolute Gasteiger partial charge is 0.143 e. The Morgan fingerprint density at radius 1 is 0.375 bits per heavy atom. The SMILES string of the molecule is c1ccc2c(c1)Sc1ccc(-c3ccccc3-c3cccc4oc5c6ccccc6ccc5c34)c3cccc-2c13. The maximum Gasteiger partial charge on any atom is 0.143 e. The second-order valence-electron chi connectivity index (χ2n) is 10.4. The topological polar surface area (TPSA) is 13.1 Å². The molecule has 1 aromatic heterocycles. The van der Waals surface area contributed by atoms with E-state index in [2.05, 4.69) is 133 Å². The third-order valence-corrected chi connectivity index (χ3v) is 9.43. The van der Waals surface area contributed by atoms with E-state index in [0.717, 1.165) is 21.9 Å². The zero-order valence-electron chi connectivity index (χ0n) is 21.5. The lowest BCUT2D eigenvalue weighted by Gasteiger charge is -2.22. The Labute approximate surface area is 235 Å². The summed E-state index contributed by atoms with van der Waals surface area (Å²) in [5, 5.41) is 7.31. The maximum atomic E-state index is 6.53. The minimum Gasteiger partial charge on any atom is -0.455 e. The van der Waals surface area contributed by atoms with Gasteiger partial charge in [0, 0.05) is 31.3 Å². The van der Waals surface area contributed by atoms with Crippen LogP contribution >= 0.6 is 11.8 Å². The first kappa shape index (κ1) is 22.1. The Morgan fingerprint density at radius 2 is 1.05 bits per heavy atom. The fraction of sp³-hybridized carbons (Fsp3) is 0. The molecule has 0 unspecified atom stereocenters. The van der Waals surface area contributed by atoms with Crippen LogP contribution in [0.25, 0.3) is 76.9 Å². The Bertz CT molecular complexity index is 2310. The molecule has 0 radical (unpaired) electrons. The minimum atomic E-state index is 0.920. The van der Waals surface area contributed by atoms with Gasteiger partial charge in [-0.1, -0.05) is 121 Å². The molecule has 8 aromatic rings. The number of hydrogen-bond acceptors (Lipinski definition) is 2. The van der Waals surface area contributed by atoms with Crippen LogP contribution in [-0.2, 0) is 0 Å².